The predicted octanol–water partition coefficient (Wildman–Crippen LogP) is 2.66. The first-order chi connectivity index (χ1) is 10.3. The van der Waals surface area contributed by atoms with Crippen molar-refractivity contribution in [2.75, 3.05) is 0 Å². The van der Waals surface area contributed by atoms with Gasteiger partial charge >= 0.3 is 0 Å². The molecule has 0 radical (unpaired) electrons. The van der Waals surface area contributed by atoms with Crippen molar-refractivity contribution in [1.29, 1.82) is 0 Å². The zero-order valence-electron chi connectivity index (χ0n) is 11.9. The number of carbonyl (C=O) groups excluding carboxylic acids is 1. The van der Waals surface area contributed by atoms with Crippen LogP contribution in [0.25, 0.3) is 11.0 Å². The second-order valence-corrected chi connectivity index (χ2v) is 4.86. The molecule has 0 amide bonds. The van der Waals surface area contributed by atoms with E-state index in [0.29, 0.717) is 5.69 Å². The van der Waals surface area contributed by atoms with Crippen molar-refractivity contribution in [2.45, 2.75) is 26.3 Å². The summed E-state index contributed by atoms with van der Waals surface area (Å²) in [5.41, 5.74) is 2.38. The Morgan fingerprint density at radius 1 is 1.24 bits per heavy atom. The van der Waals surface area contributed by atoms with Crippen LogP contribution in [0.4, 0.5) is 0 Å². The Labute approximate surface area is 122 Å². The number of fused-ring (bicyclic) bond motifs is 1. The van der Waals surface area contributed by atoms with E-state index in [1.165, 1.54) is 12.4 Å². The van der Waals surface area contributed by atoms with Crippen LogP contribution >= 0.6 is 0 Å². The molecule has 3 aromatic rings. The van der Waals surface area contributed by atoms with Crippen molar-refractivity contribution in [3.63, 3.8) is 0 Å². The molecule has 0 saturated carbocycles. The molecular formula is C16H16N4O. The SMILES string of the molecule is CCCn1c(CC(=O)c2cnccn2)nc2ccccc21. The number of carbonyl (C=O) groups is 1. The fraction of sp³-hybridized carbons (Fsp3) is 0.250. The molecular weight excluding hydrogens is 264 g/mol. The van der Waals surface area contributed by atoms with Gasteiger partial charge in [0.15, 0.2) is 5.78 Å². The number of aryl methyl sites for hydroxylation is 1. The van der Waals surface area contributed by atoms with Crippen LogP contribution < -0.4 is 0 Å². The molecule has 21 heavy (non-hydrogen) atoms. The van der Waals surface area contributed by atoms with E-state index >= 15 is 0 Å². The van der Waals surface area contributed by atoms with Crippen molar-refractivity contribution in [3.8, 4) is 0 Å². The molecule has 106 valence electrons. The van der Waals surface area contributed by atoms with Gasteiger partial charge in [-0.05, 0) is 18.6 Å². The summed E-state index contributed by atoms with van der Waals surface area (Å²) in [7, 11) is 0. The van der Waals surface area contributed by atoms with Gasteiger partial charge in [-0.25, -0.2) is 9.97 Å². The normalized spacial score (nSPS) is 10.9. The Bertz CT molecular complexity index is 764. The minimum Gasteiger partial charge on any atom is -0.328 e. The Balaban J connectivity index is 1.96. The highest BCUT2D eigenvalue weighted by molar-refractivity contribution is 5.95. The molecule has 0 saturated heterocycles. The molecule has 0 atom stereocenters. The Hall–Kier alpha value is -2.56. The lowest BCUT2D eigenvalue weighted by Gasteiger charge is -2.06. The molecule has 0 aliphatic heterocycles. The third kappa shape index (κ3) is 2.67. The molecule has 3 rings (SSSR count). The van der Waals surface area contributed by atoms with Gasteiger partial charge in [-0.3, -0.25) is 9.78 Å². The van der Waals surface area contributed by atoms with Gasteiger partial charge in [-0.2, -0.15) is 0 Å². The number of Topliss-reactive ketones (excluding diaryl/α,β-unsaturated/α-hetero) is 1. The summed E-state index contributed by atoms with van der Waals surface area (Å²) in [4.78, 5) is 24.9. The minimum absolute atomic E-state index is 0.0595. The third-order valence-electron chi connectivity index (χ3n) is 3.35. The number of hydrogen-bond donors (Lipinski definition) is 0. The molecule has 0 unspecified atom stereocenters. The first kappa shape index (κ1) is 13.4. The van der Waals surface area contributed by atoms with Gasteiger partial charge in [-0.15, -0.1) is 0 Å². The second kappa shape index (κ2) is 5.83. The third-order valence-corrected chi connectivity index (χ3v) is 3.35. The summed E-state index contributed by atoms with van der Waals surface area (Å²) in [6, 6.07) is 7.95. The summed E-state index contributed by atoms with van der Waals surface area (Å²) in [5, 5.41) is 0. The molecule has 0 N–H and O–H groups in total. The van der Waals surface area contributed by atoms with Crippen molar-refractivity contribution in [2.24, 2.45) is 0 Å². The molecule has 2 heterocycles. The smallest absolute Gasteiger partial charge is 0.190 e. The summed E-state index contributed by atoms with van der Waals surface area (Å²) in [6.45, 7) is 2.96. The van der Waals surface area contributed by atoms with Crippen LogP contribution in [0.3, 0.4) is 0 Å². The molecule has 0 spiro atoms. The van der Waals surface area contributed by atoms with Gasteiger partial charge in [0.2, 0.25) is 0 Å². The zero-order valence-corrected chi connectivity index (χ0v) is 11.9. The number of benzene rings is 1. The Morgan fingerprint density at radius 2 is 2.10 bits per heavy atom. The lowest BCUT2D eigenvalue weighted by molar-refractivity contribution is 0.0984. The maximum Gasteiger partial charge on any atom is 0.190 e. The number of ketones is 1. The molecule has 0 aliphatic carbocycles. The van der Waals surface area contributed by atoms with Gasteiger partial charge in [0.1, 0.15) is 11.5 Å². The average molecular weight is 280 g/mol. The number of aromatic nitrogens is 4. The largest absolute Gasteiger partial charge is 0.328 e. The highest BCUT2D eigenvalue weighted by Crippen LogP contribution is 2.17. The minimum atomic E-state index is -0.0595. The van der Waals surface area contributed by atoms with Crippen LogP contribution in [0.15, 0.2) is 42.9 Å². The van der Waals surface area contributed by atoms with E-state index in [9.17, 15) is 4.79 Å². The van der Waals surface area contributed by atoms with Crippen LogP contribution in [0.5, 0.6) is 0 Å². The fourth-order valence-corrected chi connectivity index (χ4v) is 2.41. The molecule has 5 heteroatoms. The molecule has 0 bridgehead atoms. The van der Waals surface area contributed by atoms with Crippen molar-refractivity contribution in [1.82, 2.24) is 19.5 Å². The summed E-state index contributed by atoms with van der Waals surface area (Å²) in [5.74, 6) is 0.726. The summed E-state index contributed by atoms with van der Waals surface area (Å²) < 4.78 is 2.11. The monoisotopic (exact) mass is 280 g/mol. The number of para-hydroxylation sites is 2. The maximum absolute atomic E-state index is 12.3. The number of rotatable bonds is 5. The molecule has 2 aromatic heterocycles. The Kier molecular flexibility index (Phi) is 3.73. The second-order valence-electron chi connectivity index (χ2n) is 4.86. The lowest BCUT2D eigenvalue weighted by atomic mass is 10.2. The van der Waals surface area contributed by atoms with Gasteiger partial charge in [0.05, 0.1) is 23.7 Å². The van der Waals surface area contributed by atoms with Gasteiger partial charge in [0, 0.05) is 18.9 Å². The van der Waals surface area contributed by atoms with E-state index in [1.54, 1.807) is 6.20 Å². The van der Waals surface area contributed by atoms with Crippen molar-refractivity contribution < 1.29 is 4.79 Å². The van der Waals surface area contributed by atoms with Crippen LogP contribution in [0, 0.1) is 0 Å². The van der Waals surface area contributed by atoms with E-state index in [2.05, 4.69) is 26.4 Å². The molecule has 5 nitrogen and oxygen atoms in total. The van der Waals surface area contributed by atoms with Gasteiger partial charge in [0.25, 0.3) is 0 Å². The summed E-state index contributed by atoms with van der Waals surface area (Å²) >= 11 is 0. The lowest BCUT2D eigenvalue weighted by Crippen LogP contribution is -2.12. The first-order valence-electron chi connectivity index (χ1n) is 7.03. The number of hydrogen-bond acceptors (Lipinski definition) is 4. The van der Waals surface area contributed by atoms with E-state index in [4.69, 9.17) is 0 Å². The van der Waals surface area contributed by atoms with Gasteiger partial charge < -0.3 is 4.57 Å². The number of nitrogens with zero attached hydrogens (tertiary/aromatic N) is 4. The van der Waals surface area contributed by atoms with Crippen molar-refractivity contribution in [3.05, 3.63) is 54.4 Å². The standard InChI is InChI=1S/C16H16N4O/c1-2-9-20-14-6-4-3-5-12(14)19-16(20)10-15(21)13-11-17-7-8-18-13/h3-8,11H,2,9-10H2,1H3. The number of imidazole rings is 1. The van der Waals surface area contributed by atoms with Crippen LogP contribution in [0.1, 0.15) is 29.7 Å². The van der Waals surface area contributed by atoms with E-state index < -0.39 is 0 Å². The van der Waals surface area contributed by atoms with Crippen LogP contribution in [-0.4, -0.2) is 25.3 Å². The average Bonchev–Trinajstić information content (AvgIpc) is 2.86. The van der Waals surface area contributed by atoms with Gasteiger partial charge in [-0.1, -0.05) is 19.1 Å². The molecule has 0 aliphatic rings. The first-order valence-corrected chi connectivity index (χ1v) is 7.03. The summed E-state index contributed by atoms with van der Waals surface area (Å²) in [6.07, 6.45) is 5.82. The van der Waals surface area contributed by atoms with Crippen molar-refractivity contribution >= 4 is 16.8 Å². The predicted molar refractivity (Wildman–Crippen MR) is 80.1 cm³/mol. The highest BCUT2D eigenvalue weighted by Gasteiger charge is 2.15. The van der Waals surface area contributed by atoms with E-state index in [1.807, 2.05) is 24.3 Å². The van der Waals surface area contributed by atoms with E-state index in [-0.39, 0.29) is 12.2 Å². The fourth-order valence-electron chi connectivity index (χ4n) is 2.41. The molecule has 0 fully saturated rings. The zero-order chi connectivity index (χ0) is 14.7. The van der Waals surface area contributed by atoms with Crippen LogP contribution in [0.2, 0.25) is 0 Å². The van der Waals surface area contributed by atoms with Crippen LogP contribution in [-0.2, 0) is 13.0 Å². The maximum atomic E-state index is 12.3. The van der Waals surface area contributed by atoms with E-state index in [0.717, 1.165) is 29.8 Å². The quantitative estimate of drug-likeness (QED) is 0.674. The molecule has 1 aromatic carbocycles. The Morgan fingerprint density at radius 3 is 2.86 bits per heavy atom. The topological polar surface area (TPSA) is 60.7 Å². The highest BCUT2D eigenvalue weighted by atomic mass is 16.1.